The summed E-state index contributed by atoms with van der Waals surface area (Å²) in [6, 6.07) is 6.05. The van der Waals surface area contributed by atoms with Crippen LogP contribution >= 0.6 is 0 Å². The van der Waals surface area contributed by atoms with Gasteiger partial charge in [-0.15, -0.1) is 0 Å². The SMILES string of the molecule is CN(CCN(C)C(=O)c1ccc(O)cc1)C(=O)OC(C)(C)C. The smallest absolute Gasteiger partial charge is 0.410 e. The van der Waals surface area contributed by atoms with Gasteiger partial charge in [0.25, 0.3) is 5.91 Å². The molecule has 1 N–H and O–H groups in total. The number of carbonyl (C=O) groups is 2. The number of hydrogen-bond acceptors (Lipinski definition) is 4. The third-order valence-corrected chi connectivity index (χ3v) is 2.94. The molecule has 122 valence electrons. The first kappa shape index (κ1) is 17.8. The molecule has 1 aromatic carbocycles. The summed E-state index contributed by atoms with van der Waals surface area (Å²) in [6.07, 6.45) is -0.419. The van der Waals surface area contributed by atoms with Crippen LogP contribution in [0, 0.1) is 0 Å². The zero-order valence-electron chi connectivity index (χ0n) is 13.8. The number of nitrogens with zero attached hydrogens (tertiary/aromatic N) is 2. The predicted molar refractivity (Wildman–Crippen MR) is 83.9 cm³/mol. The minimum atomic E-state index is -0.543. The lowest BCUT2D eigenvalue weighted by Gasteiger charge is -2.26. The summed E-state index contributed by atoms with van der Waals surface area (Å²) in [5.74, 6) is -0.0542. The van der Waals surface area contributed by atoms with Crippen LogP contribution in [0.2, 0.25) is 0 Å². The fraction of sp³-hybridized carbons (Fsp3) is 0.500. The first-order valence-corrected chi connectivity index (χ1v) is 7.09. The fourth-order valence-corrected chi connectivity index (χ4v) is 1.66. The van der Waals surface area contributed by atoms with Gasteiger partial charge >= 0.3 is 6.09 Å². The first-order valence-electron chi connectivity index (χ1n) is 7.09. The highest BCUT2D eigenvalue weighted by molar-refractivity contribution is 5.94. The average molecular weight is 308 g/mol. The van der Waals surface area contributed by atoms with E-state index in [9.17, 15) is 14.7 Å². The lowest BCUT2D eigenvalue weighted by Crippen LogP contribution is -2.39. The standard InChI is InChI=1S/C16H24N2O4/c1-16(2,3)22-15(21)18(5)11-10-17(4)14(20)12-6-8-13(19)9-7-12/h6-9,19H,10-11H2,1-5H3. The van der Waals surface area contributed by atoms with Crippen molar-refractivity contribution in [2.75, 3.05) is 27.2 Å². The van der Waals surface area contributed by atoms with E-state index in [1.54, 1.807) is 47.0 Å². The maximum Gasteiger partial charge on any atom is 0.410 e. The number of likely N-dealkylation sites (N-methyl/N-ethyl adjacent to an activating group) is 2. The molecule has 0 fully saturated rings. The van der Waals surface area contributed by atoms with Gasteiger partial charge in [0.15, 0.2) is 0 Å². The van der Waals surface area contributed by atoms with E-state index in [4.69, 9.17) is 4.74 Å². The molecular formula is C16H24N2O4. The van der Waals surface area contributed by atoms with Gasteiger partial charge in [-0.2, -0.15) is 0 Å². The molecule has 0 aliphatic carbocycles. The lowest BCUT2D eigenvalue weighted by molar-refractivity contribution is 0.0283. The van der Waals surface area contributed by atoms with E-state index in [0.717, 1.165) is 0 Å². The normalized spacial score (nSPS) is 11.0. The minimum absolute atomic E-state index is 0.115. The highest BCUT2D eigenvalue weighted by atomic mass is 16.6. The maximum absolute atomic E-state index is 12.2. The van der Waals surface area contributed by atoms with Gasteiger partial charge in [0.2, 0.25) is 0 Å². The highest BCUT2D eigenvalue weighted by Crippen LogP contribution is 2.12. The van der Waals surface area contributed by atoms with E-state index in [-0.39, 0.29) is 11.7 Å². The molecule has 0 saturated carbocycles. The van der Waals surface area contributed by atoms with Gasteiger partial charge in [0, 0.05) is 32.7 Å². The zero-order valence-corrected chi connectivity index (χ0v) is 13.8. The van der Waals surface area contributed by atoms with Crippen molar-refractivity contribution in [3.8, 4) is 5.75 Å². The van der Waals surface area contributed by atoms with Crippen LogP contribution in [0.5, 0.6) is 5.75 Å². The topological polar surface area (TPSA) is 70.1 Å². The maximum atomic E-state index is 12.2. The number of benzene rings is 1. The Morgan fingerprint density at radius 2 is 1.55 bits per heavy atom. The van der Waals surface area contributed by atoms with Gasteiger partial charge in [-0.3, -0.25) is 4.79 Å². The van der Waals surface area contributed by atoms with E-state index in [2.05, 4.69) is 0 Å². The number of amides is 2. The molecule has 2 amide bonds. The van der Waals surface area contributed by atoms with Gasteiger partial charge in [-0.1, -0.05) is 0 Å². The molecule has 0 atom stereocenters. The molecule has 0 spiro atoms. The van der Waals surface area contributed by atoms with Crippen molar-refractivity contribution in [1.29, 1.82) is 0 Å². The lowest BCUT2D eigenvalue weighted by atomic mass is 10.2. The van der Waals surface area contributed by atoms with Gasteiger partial charge in [0.05, 0.1) is 0 Å². The second-order valence-corrected chi connectivity index (χ2v) is 6.18. The van der Waals surface area contributed by atoms with Crippen molar-refractivity contribution in [2.45, 2.75) is 26.4 Å². The molecular weight excluding hydrogens is 284 g/mol. The van der Waals surface area contributed by atoms with Crippen LogP contribution in [0.25, 0.3) is 0 Å². The van der Waals surface area contributed by atoms with E-state index >= 15 is 0 Å². The van der Waals surface area contributed by atoms with Crippen LogP contribution < -0.4 is 0 Å². The van der Waals surface area contributed by atoms with E-state index in [1.807, 2.05) is 0 Å². The van der Waals surface area contributed by atoms with Crippen LogP contribution in [0.4, 0.5) is 4.79 Å². The Balaban J connectivity index is 2.51. The summed E-state index contributed by atoms with van der Waals surface area (Å²) in [5, 5.41) is 9.22. The summed E-state index contributed by atoms with van der Waals surface area (Å²) in [6.45, 7) is 6.17. The Bertz CT molecular complexity index is 520. The summed E-state index contributed by atoms with van der Waals surface area (Å²) < 4.78 is 5.25. The number of carbonyl (C=O) groups excluding carboxylic acids is 2. The van der Waals surface area contributed by atoms with Crippen LogP contribution in [0.3, 0.4) is 0 Å². The molecule has 0 heterocycles. The summed E-state index contributed by atoms with van der Waals surface area (Å²) >= 11 is 0. The van der Waals surface area contributed by atoms with Crippen LogP contribution in [-0.4, -0.2) is 59.7 Å². The second kappa shape index (κ2) is 7.15. The third kappa shape index (κ3) is 5.63. The van der Waals surface area contributed by atoms with Gasteiger partial charge in [-0.25, -0.2) is 4.79 Å². The summed E-state index contributed by atoms with van der Waals surface area (Å²) in [5.41, 5.74) is -0.0562. The van der Waals surface area contributed by atoms with Crippen LogP contribution in [0.1, 0.15) is 31.1 Å². The number of phenolic OH excluding ortho intramolecular Hbond substituents is 1. The number of ether oxygens (including phenoxy) is 1. The predicted octanol–water partition coefficient (Wildman–Crippen LogP) is 2.33. The summed E-state index contributed by atoms with van der Waals surface area (Å²) in [4.78, 5) is 27.0. The highest BCUT2D eigenvalue weighted by Gasteiger charge is 2.20. The van der Waals surface area contributed by atoms with Gasteiger partial charge in [-0.05, 0) is 45.0 Å². The Morgan fingerprint density at radius 1 is 1.05 bits per heavy atom. The molecule has 0 bridgehead atoms. The molecule has 0 radical (unpaired) electrons. The van der Waals surface area contributed by atoms with Crippen molar-refractivity contribution in [2.24, 2.45) is 0 Å². The van der Waals surface area contributed by atoms with Crippen molar-refractivity contribution < 1.29 is 19.4 Å². The van der Waals surface area contributed by atoms with Crippen molar-refractivity contribution in [3.05, 3.63) is 29.8 Å². The molecule has 22 heavy (non-hydrogen) atoms. The van der Waals surface area contributed by atoms with Crippen LogP contribution in [-0.2, 0) is 4.74 Å². The van der Waals surface area contributed by atoms with E-state index in [1.165, 1.54) is 21.9 Å². The Hall–Kier alpha value is -2.24. The van der Waals surface area contributed by atoms with Gasteiger partial charge < -0.3 is 19.6 Å². The third-order valence-electron chi connectivity index (χ3n) is 2.94. The molecule has 0 aliphatic rings. The first-order chi connectivity index (χ1) is 10.1. The minimum Gasteiger partial charge on any atom is -0.508 e. The molecule has 0 unspecified atom stereocenters. The second-order valence-electron chi connectivity index (χ2n) is 6.18. The number of phenols is 1. The molecule has 0 aliphatic heterocycles. The van der Waals surface area contributed by atoms with E-state index < -0.39 is 11.7 Å². The van der Waals surface area contributed by atoms with Crippen molar-refractivity contribution in [1.82, 2.24) is 9.80 Å². The monoisotopic (exact) mass is 308 g/mol. The number of aromatic hydroxyl groups is 1. The molecule has 1 aromatic rings. The molecule has 0 saturated heterocycles. The Labute approximate surface area is 131 Å². The molecule has 6 nitrogen and oxygen atoms in total. The van der Waals surface area contributed by atoms with Crippen LogP contribution in [0.15, 0.2) is 24.3 Å². The average Bonchev–Trinajstić information content (AvgIpc) is 2.42. The number of hydrogen-bond donors (Lipinski definition) is 1. The zero-order chi connectivity index (χ0) is 16.9. The largest absolute Gasteiger partial charge is 0.508 e. The summed E-state index contributed by atoms with van der Waals surface area (Å²) in [7, 11) is 3.30. The Kier molecular flexibility index (Phi) is 5.79. The van der Waals surface area contributed by atoms with Crippen molar-refractivity contribution >= 4 is 12.0 Å². The quantitative estimate of drug-likeness (QED) is 0.927. The van der Waals surface area contributed by atoms with E-state index in [0.29, 0.717) is 18.7 Å². The Morgan fingerprint density at radius 3 is 2.05 bits per heavy atom. The fourth-order valence-electron chi connectivity index (χ4n) is 1.66. The van der Waals surface area contributed by atoms with Crippen molar-refractivity contribution in [3.63, 3.8) is 0 Å². The molecule has 6 heteroatoms. The van der Waals surface area contributed by atoms with Gasteiger partial charge in [0.1, 0.15) is 11.4 Å². The number of rotatable bonds is 4. The molecule has 0 aromatic heterocycles. The molecule has 1 rings (SSSR count).